The highest BCUT2D eigenvalue weighted by Crippen LogP contribution is 2.38. The number of carbonyl (C=O) groups excluding carboxylic acids is 2. The molecule has 30 heavy (non-hydrogen) atoms. The molecule has 1 aliphatic rings. The van der Waals surface area contributed by atoms with Crippen LogP contribution in [-0.4, -0.2) is 33.7 Å². The molecule has 1 aliphatic heterocycles. The first-order chi connectivity index (χ1) is 14.5. The fraction of sp³-hybridized carbons (Fsp3) is 0.400. The van der Waals surface area contributed by atoms with E-state index in [0.717, 1.165) is 11.1 Å². The molecule has 1 saturated heterocycles. The number of carboxylic acids is 1. The van der Waals surface area contributed by atoms with Crippen molar-refractivity contribution in [2.24, 2.45) is 11.8 Å². The summed E-state index contributed by atoms with van der Waals surface area (Å²) in [5.41, 5.74) is 2.05. The van der Waals surface area contributed by atoms with Gasteiger partial charge in [-0.2, -0.15) is 0 Å². The maximum atomic E-state index is 13.2. The van der Waals surface area contributed by atoms with E-state index < -0.39 is 17.8 Å². The smallest absolute Gasteiger partial charge is 0.303 e. The predicted octanol–water partition coefficient (Wildman–Crippen LogP) is 4.35. The van der Waals surface area contributed by atoms with Crippen molar-refractivity contribution < 1.29 is 19.5 Å². The van der Waals surface area contributed by atoms with E-state index in [1.165, 1.54) is 6.92 Å². The molecule has 0 saturated carbocycles. The molecule has 2 aromatic rings. The number of ketones is 1. The zero-order valence-corrected chi connectivity index (χ0v) is 18.0. The van der Waals surface area contributed by atoms with E-state index in [-0.39, 0.29) is 30.6 Å². The molecule has 0 bridgehead atoms. The lowest BCUT2D eigenvalue weighted by Gasteiger charge is -2.28. The van der Waals surface area contributed by atoms with Gasteiger partial charge in [0, 0.05) is 24.9 Å². The number of benzene rings is 2. The molecule has 1 heterocycles. The first kappa shape index (κ1) is 23.3. The second kappa shape index (κ2) is 11.3. The lowest BCUT2D eigenvalue weighted by Crippen LogP contribution is -2.37. The third-order valence-corrected chi connectivity index (χ3v) is 5.41. The van der Waals surface area contributed by atoms with Gasteiger partial charge in [-0.15, -0.1) is 0 Å². The Balaban J connectivity index is 0.00000155. The Morgan fingerprint density at radius 2 is 1.43 bits per heavy atom. The first-order valence-electron chi connectivity index (χ1n) is 10.5. The molecule has 1 fully saturated rings. The highest BCUT2D eigenvalue weighted by atomic mass is 16.4. The van der Waals surface area contributed by atoms with E-state index in [9.17, 15) is 19.5 Å². The number of carbonyl (C=O) groups is 3. The van der Waals surface area contributed by atoms with E-state index in [0.29, 0.717) is 13.0 Å². The SMILES string of the molecule is CC.CC(=O)C[C@H]1C(=O)N(Cc2ccccc2)C(Cc2ccccc2)[C@@H]1CC(=O)O. The van der Waals surface area contributed by atoms with Gasteiger partial charge < -0.3 is 14.8 Å². The molecule has 160 valence electrons. The Hall–Kier alpha value is -2.95. The van der Waals surface area contributed by atoms with Gasteiger partial charge in [0.05, 0.1) is 12.3 Å². The van der Waals surface area contributed by atoms with Crippen LogP contribution in [0.3, 0.4) is 0 Å². The van der Waals surface area contributed by atoms with Gasteiger partial charge in [0.2, 0.25) is 5.91 Å². The zero-order chi connectivity index (χ0) is 22.1. The van der Waals surface area contributed by atoms with Crippen LogP contribution >= 0.6 is 0 Å². The van der Waals surface area contributed by atoms with Crippen LogP contribution in [0.25, 0.3) is 0 Å². The number of hydrogen-bond donors (Lipinski definition) is 1. The van der Waals surface area contributed by atoms with Crippen LogP contribution in [0.15, 0.2) is 60.7 Å². The Kier molecular flexibility index (Phi) is 8.78. The van der Waals surface area contributed by atoms with Crippen LogP contribution in [0.5, 0.6) is 0 Å². The molecule has 5 heteroatoms. The molecule has 3 rings (SSSR count). The van der Waals surface area contributed by atoms with Crippen molar-refractivity contribution in [1.29, 1.82) is 0 Å². The molecule has 1 amide bonds. The Morgan fingerprint density at radius 3 is 1.93 bits per heavy atom. The number of Topliss-reactive ketones (excluding diaryl/α,β-unsaturated/α-hetero) is 1. The summed E-state index contributed by atoms with van der Waals surface area (Å²) < 4.78 is 0. The maximum Gasteiger partial charge on any atom is 0.303 e. The van der Waals surface area contributed by atoms with E-state index >= 15 is 0 Å². The van der Waals surface area contributed by atoms with Crippen LogP contribution in [0, 0.1) is 11.8 Å². The standard InChI is InChI=1S/C23H25NO4.C2H6/c1-16(25)12-20-19(14-22(26)27)21(13-17-8-4-2-5-9-17)24(23(20)28)15-18-10-6-3-7-11-18;1-2/h2-11,19-21H,12-15H2,1H3,(H,26,27);1-2H3/t19-,20-,21?;/m1./s1. The van der Waals surface area contributed by atoms with Gasteiger partial charge in [-0.05, 0) is 24.5 Å². The van der Waals surface area contributed by atoms with Gasteiger partial charge in [-0.25, -0.2) is 0 Å². The van der Waals surface area contributed by atoms with Crippen molar-refractivity contribution in [2.45, 2.75) is 52.6 Å². The van der Waals surface area contributed by atoms with E-state index in [1.807, 2.05) is 74.5 Å². The molecule has 0 radical (unpaired) electrons. The zero-order valence-electron chi connectivity index (χ0n) is 18.0. The van der Waals surface area contributed by atoms with Crippen molar-refractivity contribution in [2.75, 3.05) is 0 Å². The largest absolute Gasteiger partial charge is 0.481 e. The van der Waals surface area contributed by atoms with Crippen molar-refractivity contribution in [3.8, 4) is 0 Å². The van der Waals surface area contributed by atoms with Crippen LogP contribution in [0.2, 0.25) is 0 Å². The highest BCUT2D eigenvalue weighted by Gasteiger charge is 2.48. The van der Waals surface area contributed by atoms with Crippen molar-refractivity contribution in [1.82, 2.24) is 4.90 Å². The Morgan fingerprint density at radius 1 is 0.900 bits per heavy atom. The molecule has 5 nitrogen and oxygen atoms in total. The second-order valence-corrected chi connectivity index (χ2v) is 7.48. The number of hydrogen-bond acceptors (Lipinski definition) is 3. The summed E-state index contributed by atoms with van der Waals surface area (Å²) in [6, 6.07) is 19.2. The molecule has 0 aliphatic carbocycles. The molecular weight excluding hydrogens is 378 g/mol. The average Bonchev–Trinajstić information content (AvgIpc) is 2.96. The minimum atomic E-state index is -0.939. The number of aliphatic carboxylic acids is 1. The second-order valence-electron chi connectivity index (χ2n) is 7.48. The minimum Gasteiger partial charge on any atom is -0.481 e. The summed E-state index contributed by atoms with van der Waals surface area (Å²) in [7, 11) is 0. The number of nitrogens with zero attached hydrogens (tertiary/aromatic N) is 1. The number of rotatable bonds is 8. The topological polar surface area (TPSA) is 74.7 Å². The van der Waals surface area contributed by atoms with Crippen molar-refractivity contribution >= 4 is 17.7 Å². The van der Waals surface area contributed by atoms with Gasteiger partial charge in [0.25, 0.3) is 0 Å². The molecule has 2 aromatic carbocycles. The summed E-state index contributed by atoms with van der Waals surface area (Å²) >= 11 is 0. The lowest BCUT2D eigenvalue weighted by molar-refractivity contribution is -0.139. The number of amides is 1. The first-order valence-corrected chi connectivity index (χ1v) is 10.5. The molecule has 0 aromatic heterocycles. The third-order valence-electron chi connectivity index (χ3n) is 5.41. The summed E-state index contributed by atoms with van der Waals surface area (Å²) in [5.74, 6) is -2.12. The van der Waals surface area contributed by atoms with Crippen LogP contribution in [-0.2, 0) is 27.3 Å². The van der Waals surface area contributed by atoms with Crippen LogP contribution in [0.1, 0.15) is 44.7 Å². The van der Waals surface area contributed by atoms with Crippen LogP contribution in [0.4, 0.5) is 0 Å². The van der Waals surface area contributed by atoms with Crippen molar-refractivity contribution in [3.63, 3.8) is 0 Å². The molecule has 0 spiro atoms. The Bertz CT molecular complexity index is 835. The fourth-order valence-corrected chi connectivity index (χ4v) is 4.18. The van der Waals surface area contributed by atoms with E-state index in [1.54, 1.807) is 4.90 Å². The summed E-state index contributed by atoms with van der Waals surface area (Å²) in [6.07, 6.45) is 0.547. The predicted molar refractivity (Wildman–Crippen MR) is 117 cm³/mol. The molecular formula is C25H31NO4. The van der Waals surface area contributed by atoms with Crippen molar-refractivity contribution in [3.05, 3.63) is 71.8 Å². The molecule has 3 atom stereocenters. The quantitative estimate of drug-likeness (QED) is 0.703. The van der Waals surface area contributed by atoms with Gasteiger partial charge in [-0.1, -0.05) is 74.5 Å². The summed E-state index contributed by atoms with van der Waals surface area (Å²) in [5, 5.41) is 9.46. The van der Waals surface area contributed by atoms with Gasteiger partial charge in [-0.3, -0.25) is 9.59 Å². The normalized spacial score (nSPS) is 20.4. The third kappa shape index (κ3) is 6.02. The molecule has 1 N–H and O–H groups in total. The van der Waals surface area contributed by atoms with Gasteiger partial charge in [0.15, 0.2) is 0 Å². The van der Waals surface area contributed by atoms with Gasteiger partial charge in [0.1, 0.15) is 5.78 Å². The Labute approximate surface area is 178 Å². The summed E-state index contributed by atoms with van der Waals surface area (Å²) in [6.45, 7) is 5.87. The monoisotopic (exact) mass is 409 g/mol. The highest BCUT2D eigenvalue weighted by molar-refractivity contribution is 5.88. The van der Waals surface area contributed by atoms with Gasteiger partial charge >= 0.3 is 5.97 Å². The lowest BCUT2D eigenvalue weighted by atomic mass is 9.82. The van der Waals surface area contributed by atoms with E-state index in [4.69, 9.17) is 0 Å². The number of carboxylic acid groups (broad SMARTS) is 1. The average molecular weight is 410 g/mol. The minimum absolute atomic E-state index is 0.0891. The van der Waals surface area contributed by atoms with E-state index in [2.05, 4.69) is 0 Å². The summed E-state index contributed by atoms with van der Waals surface area (Å²) in [4.78, 5) is 38.3. The number of likely N-dealkylation sites (tertiary alicyclic amines) is 1. The van der Waals surface area contributed by atoms with Crippen LogP contribution < -0.4 is 0 Å². The maximum absolute atomic E-state index is 13.2. The fourth-order valence-electron chi connectivity index (χ4n) is 4.18. The molecule has 1 unspecified atom stereocenters.